The van der Waals surface area contributed by atoms with E-state index in [9.17, 15) is 18.4 Å². The van der Waals surface area contributed by atoms with Crippen molar-refractivity contribution >= 4 is 23.3 Å². The molecule has 2 atom stereocenters. The molecule has 6 rings (SSSR count). The Morgan fingerprint density at radius 3 is 2.38 bits per heavy atom. The van der Waals surface area contributed by atoms with Crippen LogP contribution in [0.1, 0.15) is 36.3 Å². The molecule has 6 nitrogen and oxygen atoms in total. The fraction of sp³-hybridized carbons (Fsp3) is 0.355. The number of piperidine rings is 1. The molecule has 8 heteroatoms. The number of unbranched alkanes of at least 4 members (excludes halogenated alkanes) is 1. The lowest BCUT2D eigenvalue weighted by Gasteiger charge is -2.39. The van der Waals surface area contributed by atoms with E-state index < -0.39 is 0 Å². The van der Waals surface area contributed by atoms with Gasteiger partial charge in [-0.25, -0.2) is 13.6 Å². The highest BCUT2D eigenvalue weighted by Crippen LogP contribution is 2.48. The topological polar surface area (TPSA) is 47.1 Å². The van der Waals surface area contributed by atoms with Gasteiger partial charge in [-0.2, -0.15) is 0 Å². The Labute approximate surface area is 227 Å². The van der Waals surface area contributed by atoms with E-state index in [1.54, 1.807) is 23.1 Å². The summed E-state index contributed by atoms with van der Waals surface area (Å²) in [5.41, 5.74) is 3.87. The summed E-state index contributed by atoms with van der Waals surface area (Å²) in [7, 11) is 0. The van der Waals surface area contributed by atoms with Crippen LogP contribution in [0, 0.1) is 11.6 Å². The lowest BCUT2D eigenvalue weighted by Crippen LogP contribution is -2.45. The lowest BCUT2D eigenvalue weighted by atomic mass is 9.89. The zero-order valence-corrected chi connectivity index (χ0v) is 21.8. The smallest absolute Gasteiger partial charge is 0.327 e. The first-order valence-electron chi connectivity index (χ1n) is 13.7. The van der Waals surface area contributed by atoms with E-state index in [1.165, 1.54) is 23.1 Å². The molecule has 202 valence electrons. The molecule has 0 aliphatic carbocycles. The predicted molar refractivity (Wildman–Crippen MR) is 146 cm³/mol. The molecule has 3 aliphatic heterocycles. The number of likely N-dealkylation sites (tertiary alicyclic amines) is 1. The van der Waals surface area contributed by atoms with Gasteiger partial charge in [-0.05, 0) is 79.4 Å². The minimum Gasteiger partial charge on any atom is -0.337 e. The zero-order chi connectivity index (χ0) is 26.9. The number of carbonyl (C=O) groups excluding carboxylic acids is 2. The monoisotopic (exact) mass is 530 g/mol. The van der Waals surface area contributed by atoms with Crippen molar-refractivity contribution in [1.82, 2.24) is 14.7 Å². The van der Waals surface area contributed by atoms with Crippen LogP contribution in [0.4, 0.5) is 25.0 Å². The first-order valence-corrected chi connectivity index (χ1v) is 13.7. The Hall–Kier alpha value is -3.78. The average molecular weight is 531 g/mol. The number of hydrogen-bond donors (Lipinski definition) is 0. The molecule has 3 aromatic rings. The molecule has 0 radical (unpaired) electrons. The van der Waals surface area contributed by atoms with Crippen molar-refractivity contribution < 1.29 is 18.4 Å². The molecule has 0 bridgehead atoms. The van der Waals surface area contributed by atoms with Gasteiger partial charge in [0.05, 0.1) is 6.54 Å². The van der Waals surface area contributed by atoms with Crippen molar-refractivity contribution in [3.8, 4) is 0 Å². The molecule has 39 heavy (non-hydrogen) atoms. The Balaban J connectivity index is 1.04. The lowest BCUT2D eigenvalue weighted by molar-refractivity contribution is -0.125. The van der Waals surface area contributed by atoms with Crippen molar-refractivity contribution in [3.05, 3.63) is 95.6 Å². The zero-order valence-electron chi connectivity index (χ0n) is 21.8. The summed E-state index contributed by atoms with van der Waals surface area (Å²) >= 11 is 0. The van der Waals surface area contributed by atoms with Crippen molar-refractivity contribution in [3.63, 3.8) is 0 Å². The number of imide groups is 1. The maximum Gasteiger partial charge on any atom is 0.327 e. The van der Waals surface area contributed by atoms with Crippen LogP contribution in [0.5, 0.6) is 0 Å². The third-order valence-corrected chi connectivity index (χ3v) is 8.21. The summed E-state index contributed by atoms with van der Waals surface area (Å²) in [6.07, 6.45) is 2.65. The van der Waals surface area contributed by atoms with E-state index in [0.717, 1.165) is 61.4 Å². The van der Waals surface area contributed by atoms with Crippen LogP contribution in [0.3, 0.4) is 0 Å². The van der Waals surface area contributed by atoms with Gasteiger partial charge in [-0.1, -0.05) is 30.3 Å². The number of nitrogens with zero attached hydrogens (tertiary/aromatic N) is 4. The molecule has 0 spiro atoms. The van der Waals surface area contributed by atoms with Crippen LogP contribution < -0.4 is 4.90 Å². The van der Waals surface area contributed by atoms with Gasteiger partial charge in [-0.15, -0.1) is 0 Å². The molecule has 2 fully saturated rings. The molecule has 0 N–H and O–H groups in total. The fourth-order valence-corrected chi connectivity index (χ4v) is 6.31. The number of carbonyl (C=O) groups is 2. The van der Waals surface area contributed by atoms with Gasteiger partial charge in [0.2, 0.25) is 0 Å². The number of amides is 3. The van der Waals surface area contributed by atoms with Crippen molar-refractivity contribution in [2.45, 2.75) is 37.8 Å². The molecule has 0 saturated carbocycles. The first kappa shape index (κ1) is 25.5. The third kappa shape index (κ3) is 5.13. The maximum atomic E-state index is 14.3. The maximum absolute atomic E-state index is 14.3. The molecule has 3 aromatic carbocycles. The van der Waals surface area contributed by atoms with Crippen LogP contribution >= 0.6 is 0 Å². The van der Waals surface area contributed by atoms with E-state index in [4.69, 9.17) is 0 Å². The van der Waals surface area contributed by atoms with Crippen LogP contribution in [0.25, 0.3) is 0 Å². The molecule has 3 amide bonds. The number of rotatable bonds is 8. The van der Waals surface area contributed by atoms with Gasteiger partial charge < -0.3 is 14.7 Å². The second-order valence-corrected chi connectivity index (χ2v) is 10.7. The summed E-state index contributed by atoms with van der Waals surface area (Å²) in [5, 5.41) is 0. The second-order valence-electron chi connectivity index (χ2n) is 10.7. The number of anilines is 2. The van der Waals surface area contributed by atoms with E-state index in [2.05, 4.69) is 9.80 Å². The highest BCUT2D eigenvalue weighted by Gasteiger charge is 2.42. The largest absolute Gasteiger partial charge is 0.337 e. The summed E-state index contributed by atoms with van der Waals surface area (Å²) in [5.74, 6) is -0.494. The van der Waals surface area contributed by atoms with Crippen LogP contribution in [0.2, 0.25) is 0 Å². The summed E-state index contributed by atoms with van der Waals surface area (Å²) in [6.45, 7) is 3.63. The van der Waals surface area contributed by atoms with Crippen molar-refractivity contribution in [2.24, 2.45) is 0 Å². The predicted octanol–water partition coefficient (Wildman–Crippen LogP) is 5.52. The second kappa shape index (κ2) is 10.8. The van der Waals surface area contributed by atoms with Crippen LogP contribution in [-0.2, 0) is 11.3 Å². The van der Waals surface area contributed by atoms with Crippen molar-refractivity contribution in [2.75, 3.05) is 37.6 Å². The van der Waals surface area contributed by atoms with E-state index in [0.29, 0.717) is 13.1 Å². The number of hydrogen-bond acceptors (Lipinski definition) is 4. The Morgan fingerprint density at radius 1 is 0.846 bits per heavy atom. The molecular weight excluding hydrogens is 498 g/mol. The van der Waals surface area contributed by atoms with E-state index >= 15 is 0 Å². The molecule has 3 aliphatic rings. The molecule has 2 unspecified atom stereocenters. The van der Waals surface area contributed by atoms with Crippen LogP contribution in [0.15, 0.2) is 72.8 Å². The molecule has 3 heterocycles. The molecule has 2 saturated heterocycles. The van der Waals surface area contributed by atoms with Crippen LogP contribution in [-0.4, -0.2) is 65.4 Å². The molecule has 0 aromatic heterocycles. The van der Waals surface area contributed by atoms with Gasteiger partial charge in [0, 0.05) is 43.0 Å². The summed E-state index contributed by atoms with van der Waals surface area (Å²) in [6, 6.07) is 21.1. The highest BCUT2D eigenvalue weighted by atomic mass is 19.1. The van der Waals surface area contributed by atoms with Gasteiger partial charge in [0.15, 0.2) is 0 Å². The summed E-state index contributed by atoms with van der Waals surface area (Å²) < 4.78 is 27.9. The SMILES string of the molecule is O=C1CN(CCCCN2CCC3C(C2)c2cc(F)ccc2N3c2ccc(F)cc2)C(=O)N1Cc1ccccc1. The fourth-order valence-electron chi connectivity index (χ4n) is 6.31. The van der Waals surface area contributed by atoms with Gasteiger partial charge >= 0.3 is 6.03 Å². The Bertz CT molecular complexity index is 1350. The summed E-state index contributed by atoms with van der Waals surface area (Å²) in [4.78, 5) is 32.9. The average Bonchev–Trinajstić information content (AvgIpc) is 3.40. The quantitative estimate of drug-likeness (QED) is 0.284. The Kier molecular flexibility index (Phi) is 7.04. The highest BCUT2D eigenvalue weighted by molar-refractivity contribution is 6.01. The minimum absolute atomic E-state index is 0.140. The first-order chi connectivity index (χ1) is 19.0. The van der Waals surface area contributed by atoms with Crippen molar-refractivity contribution in [1.29, 1.82) is 0 Å². The van der Waals surface area contributed by atoms with Gasteiger partial charge in [-0.3, -0.25) is 9.69 Å². The third-order valence-electron chi connectivity index (χ3n) is 8.21. The Morgan fingerprint density at radius 2 is 1.59 bits per heavy atom. The number of benzene rings is 3. The van der Waals surface area contributed by atoms with Gasteiger partial charge in [0.1, 0.15) is 18.2 Å². The normalized spacial score (nSPS) is 21.0. The van der Waals surface area contributed by atoms with Gasteiger partial charge in [0.25, 0.3) is 5.91 Å². The van der Waals surface area contributed by atoms with E-state index in [-0.39, 0.29) is 42.1 Å². The number of urea groups is 1. The number of fused-ring (bicyclic) bond motifs is 3. The van der Waals surface area contributed by atoms with E-state index in [1.807, 2.05) is 36.4 Å². The molecular formula is C31H32F2N4O2. The standard InChI is InChI=1S/C31H32F2N4O2/c32-23-8-11-25(12-9-23)37-28-13-10-24(33)18-26(28)27-20-34(17-14-29(27)37)15-4-5-16-35-21-30(38)36(31(35)39)19-22-6-2-1-3-7-22/h1-3,6-13,18,27,29H,4-5,14-17,19-21H2. The number of halogens is 2. The minimum atomic E-state index is -0.271.